The molecule has 6 heteroatoms. The Kier molecular flexibility index (Phi) is 6.94. The average molecular weight is 292 g/mol. The molecule has 0 spiro atoms. The molecule has 0 saturated heterocycles. The Balaban J connectivity index is 2.34. The van der Waals surface area contributed by atoms with Crippen LogP contribution in [0.3, 0.4) is 0 Å². The molecule has 0 amide bonds. The normalized spacial score (nSPS) is 13.4. The van der Waals surface area contributed by atoms with E-state index in [2.05, 4.69) is 4.18 Å². The molecule has 3 nitrogen and oxygen atoms in total. The van der Waals surface area contributed by atoms with Crippen LogP contribution in [0.15, 0.2) is 30.3 Å². The molecular weight excluding hydrogens is 274 g/mol. The first kappa shape index (κ1) is 16.0. The highest BCUT2D eigenvalue weighted by atomic mass is 32.2. The van der Waals surface area contributed by atoms with Crippen LogP contribution >= 0.6 is 0 Å². The van der Waals surface area contributed by atoms with E-state index in [1.165, 1.54) is 0 Å². The first-order valence-electron chi connectivity index (χ1n) is 6.14. The molecule has 0 radical (unpaired) electrons. The molecule has 0 aliphatic carbocycles. The van der Waals surface area contributed by atoms with Gasteiger partial charge in [-0.05, 0) is 24.8 Å². The van der Waals surface area contributed by atoms with E-state index < -0.39 is 29.6 Å². The minimum Gasteiger partial charge on any atom is -0.267 e. The van der Waals surface area contributed by atoms with Crippen LogP contribution in [-0.2, 0) is 20.1 Å². The van der Waals surface area contributed by atoms with Crippen molar-refractivity contribution < 1.29 is 21.4 Å². The summed E-state index contributed by atoms with van der Waals surface area (Å²) < 4.78 is 52.9. The Hall–Kier alpha value is -1.01. The van der Waals surface area contributed by atoms with Gasteiger partial charge in [0.25, 0.3) is 10.1 Å². The quantitative estimate of drug-likeness (QED) is 0.519. The zero-order chi connectivity index (χ0) is 14.1. The number of benzene rings is 1. The van der Waals surface area contributed by atoms with Crippen LogP contribution in [0.25, 0.3) is 0 Å². The molecule has 0 aliphatic heterocycles. The molecule has 0 heterocycles. The van der Waals surface area contributed by atoms with Crippen LogP contribution in [0.4, 0.5) is 8.78 Å². The summed E-state index contributed by atoms with van der Waals surface area (Å²) in [6, 6.07) is 8.54. The van der Waals surface area contributed by atoms with Gasteiger partial charge in [-0.2, -0.15) is 8.42 Å². The van der Waals surface area contributed by atoms with Gasteiger partial charge in [0.05, 0.1) is 13.3 Å². The third-order valence-corrected chi connectivity index (χ3v) is 3.70. The molecule has 0 fully saturated rings. The summed E-state index contributed by atoms with van der Waals surface area (Å²) >= 11 is 0. The molecular formula is C13H18F2O3S. The lowest BCUT2D eigenvalue weighted by atomic mass is 10.2. The fourth-order valence-electron chi connectivity index (χ4n) is 1.54. The SMILES string of the molecule is O=S(=O)(Cc1ccccc1)OCC(F)CCCCF. The molecule has 0 saturated carbocycles. The number of halogens is 2. The molecule has 0 N–H and O–H groups in total. The molecule has 19 heavy (non-hydrogen) atoms. The van der Waals surface area contributed by atoms with E-state index in [-0.39, 0.29) is 18.6 Å². The van der Waals surface area contributed by atoms with E-state index in [0.717, 1.165) is 0 Å². The molecule has 1 aromatic carbocycles. The lowest BCUT2D eigenvalue weighted by Gasteiger charge is -2.09. The van der Waals surface area contributed by atoms with E-state index >= 15 is 0 Å². The summed E-state index contributed by atoms with van der Waals surface area (Å²) in [4.78, 5) is 0. The number of hydrogen-bond acceptors (Lipinski definition) is 3. The lowest BCUT2D eigenvalue weighted by Crippen LogP contribution is -2.16. The molecule has 0 aromatic heterocycles. The molecule has 108 valence electrons. The van der Waals surface area contributed by atoms with Crippen LogP contribution in [0.1, 0.15) is 24.8 Å². The summed E-state index contributed by atoms with van der Waals surface area (Å²) in [6.07, 6.45) is -0.584. The summed E-state index contributed by atoms with van der Waals surface area (Å²) in [5.74, 6) is -0.273. The number of alkyl halides is 2. The first-order chi connectivity index (χ1) is 9.03. The summed E-state index contributed by atoms with van der Waals surface area (Å²) in [5, 5.41) is 0. The van der Waals surface area contributed by atoms with Gasteiger partial charge in [0, 0.05) is 0 Å². The van der Waals surface area contributed by atoms with E-state index in [0.29, 0.717) is 12.0 Å². The van der Waals surface area contributed by atoms with Crippen molar-refractivity contribution in [3.8, 4) is 0 Å². The van der Waals surface area contributed by atoms with Crippen molar-refractivity contribution in [2.45, 2.75) is 31.2 Å². The van der Waals surface area contributed by atoms with Crippen LogP contribution in [-0.4, -0.2) is 27.9 Å². The molecule has 0 aliphatic rings. The van der Waals surface area contributed by atoms with Crippen LogP contribution in [0.2, 0.25) is 0 Å². The van der Waals surface area contributed by atoms with Gasteiger partial charge in [0.15, 0.2) is 0 Å². The highest BCUT2D eigenvalue weighted by molar-refractivity contribution is 7.85. The van der Waals surface area contributed by atoms with Crippen LogP contribution in [0, 0.1) is 0 Å². The standard InChI is InChI=1S/C13H18F2O3S/c14-9-5-4-8-13(15)10-18-19(16,17)11-12-6-2-1-3-7-12/h1-3,6-7,13H,4-5,8-11H2. The van der Waals surface area contributed by atoms with Crippen LogP contribution in [0.5, 0.6) is 0 Å². The maximum Gasteiger partial charge on any atom is 0.271 e. The van der Waals surface area contributed by atoms with Crippen molar-refractivity contribution in [1.82, 2.24) is 0 Å². The third kappa shape index (κ3) is 7.22. The molecule has 1 atom stereocenters. The molecule has 0 bridgehead atoms. The largest absolute Gasteiger partial charge is 0.271 e. The van der Waals surface area contributed by atoms with Gasteiger partial charge in [-0.1, -0.05) is 30.3 Å². The maximum atomic E-state index is 13.3. The minimum absolute atomic E-state index is 0.116. The Morgan fingerprint density at radius 3 is 2.47 bits per heavy atom. The fraction of sp³-hybridized carbons (Fsp3) is 0.538. The highest BCUT2D eigenvalue weighted by Gasteiger charge is 2.16. The topological polar surface area (TPSA) is 43.4 Å². The van der Waals surface area contributed by atoms with Crippen LogP contribution < -0.4 is 0 Å². The molecule has 1 aromatic rings. The van der Waals surface area contributed by atoms with Crippen molar-refractivity contribution >= 4 is 10.1 Å². The Morgan fingerprint density at radius 2 is 1.84 bits per heavy atom. The summed E-state index contributed by atoms with van der Waals surface area (Å²) in [6.45, 7) is -0.985. The van der Waals surface area contributed by atoms with Crippen molar-refractivity contribution in [3.05, 3.63) is 35.9 Å². The van der Waals surface area contributed by atoms with Crippen molar-refractivity contribution in [3.63, 3.8) is 0 Å². The third-order valence-electron chi connectivity index (χ3n) is 2.52. The van der Waals surface area contributed by atoms with Crippen molar-refractivity contribution in [2.75, 3.05) is 13.3 Å². The second kappa shape index (κ2) is 8.22. The van der Waals surface area contributed by atoms with Gasteiger partial charge in [-0.15, -0.1) is 0 Å². The summed E-state index contributed by atoms with van der Waals surface area (Å²) in [5.41, 5.74) is 0.593. The number of rotatable bonds is 9. The number of hydrogen-bond donors (Lipinski definition) is 0. The van der Waals surface area contributed by atoms with Gasteiger partial charge in [0.1, 0.15) is 11.9 Å². The highest BCUT2D eigenvalue weighted by Crippen LogP contribution is 2.11. The predicted molar refractivity (Wildman–Crippen MR) is 69.7 cm³/mol. The molecule has 1 unspecified atom stereocenters. The Labute approximate surface area is 112 Å². The minimum atomic E-state index is -3.77. The maximum absolute atomic E-state index is 13.3. The Bertz CT molecular complexity index is 448. The van der Waals surface area contributed by atoms with E-state index in [9.17, 15) is 17.2 Å². The summed E-state index contributed by atoms with van der Waals surface area (Å²) in [7, 11) is -3.77. The van der Waals surface area contributed by atoms with E-state index in [4.69, 9.17) is 0 Å². The van der Waals surface area contributed by atoms with E-state index in [1.54, 1.807) is 30.3 Å². The van der Waals surface area contributed by atoms with Gasteiger partial charge >= 0.3 is 0 Å². The van der Waals surface area contributed by atoms with Crippen molar-refractivity contribution in [1.29, 1.82) is 0 Å². The fourth-order valence-corrected chi connectivity index (χ4v) is 2.58. The smallest absolute Gasteiger partial charge is 0.267 e. The zero-order valence-electron chi connectivity index (χ0n) is 10.6. The second-order valence-corrected chi connectivity index (χ2v) is 5.89. The average Bonchev–Trinajstić information content (AvgIpc) is 2.38. The van der Waals surface area contributed by atoms with Crippen molar-refractivity contribution in [2.24, 2.45) is 0 Å². The second-order valence-electron chi connectivity index (χ2n) is 4.25. The monoisotopic (exact) mass is 292 g/mol. The van der Waals surface area contributed by atoms with Gasteiger partial charge in [-0.3, -0.25) is 8.57 Å². The lowest BCUT2D eigenvalue weighted by molar-refractivity contribution is 0.187. The predicted octanol–water partition coefficient (Wildman–Crippen LogP) is 3.01. The van der Waals surface area contributed by atoms with Gasteiger partial charge in [-0.25, -0.2) is 4.39 Å². The number of unbranched alkanes of at least 4 members (excludes halogenated alkanes) is 1. The van der Waals surface area contributed by atoms with E-state index in [1.807, 2.05) is 0 Å². The van der Waals surface area contributed by atoms with Gasteiger partial charge in [0.2, 0.25) is 0 Å². The first-order valence-corrected chi connectivity index (χ1v) is 7.72. The zero-order valence-corrected chi connectivity index (χ0v) is 11.4. The Morgan fingerprint density at radius 1 is 1.16 bits per heavy atom. The van der Waals surface area contributed by atoms with Gasteiger partial charge < -0.3 is 0 Å². The molecule has 1 rings (SSSR count).